The maximum atomic E-state index is 17.2. The van der Waals surface area contributed by atoms with E-state index >= 15 is 4.39 Å². The van der Waals surface area contributed by atoms with Gasteiger partial charge in [-0.3, -0.25) is 29.6 Å². The number of fused-ring (bicyclic) bond motifs is 5. The number of halogens is 1. The van der Waals surface area contributed by atoms with Gasteiger partial charge in [0.05, 0.1) is 30.8 Å². The fourth-order valence-electron chi connectivity index (χ4n) is 7.60. The molecule has 4 rings (SSSR count). The number of esters is 1. The molecule has 0 aromatic carbocycles. The van der Waals surface area contributed by atoms with Gasteiger partial charge in [0.2, 0.25) is 5.78 Å². The first-order valence-electron chi connectivity index (χ1n) is 13.7. The molecule has 14 nitrogen and oxygen atoms in total. The molecule has 0 heterocycles. The predicted molar refractivity (Wildman–Crippen MR) is 136 cm³/mol. The second-order valence-electron chi connectivity index (χ2n) is 11.8. The van der Waals surface area contributed by atoms with Crippen LogP contribution in [0.5, 0.6) is 0 Å². The van der Waals surface area contributed by atoms with Gasteiger partial charge in [0.1, 0.15) is 6.54 Å². The van der Waals surface area contributed by atoms with Crippen LogP contribution in [0.15, 0.2) is 23.8 Å². The van der Waals surface area contributed by atoms with E-state index in [9.17, 15) is 34.5 Å². The van der Waals surface area contributed by atoms with E-state index in [1.54, 1.807) is 6.92 Å². The highest BCUT2D eigenvalue weighted by atomic mass is 19.1. The van der Waals surface area contributed by atoms with Crippen LogP contribution in [0.1, 0.15) is 46.0 Å². The third-order valence-electron chi connectivity index (χ3n) is 9.76. The topological polar surface area (TPSA) is 212 Å². The van der Waals surface area contributed by atoms with E-state index in [2.05, 4.69) is 10.2 Å². The van der Waals surface area contributed by atoms with Crippen molar-refractivity contribution in [1.82, 2.24) is 10.7 Å². The number of alkyl halides is 1. The van der Waals surface area contributed by atoms with Gasteiger partial charge in [-0.2, -0.15) is 0 Å². The van der Waals surface area contributed by atoms with E-state index in [0.29, 0.717) is 12.0 Å². The van der Waals surface area contributed by atoms with Crippen LogP contribution < -0.4 is 5.32 Å². The van der Waals surface area contributed by atoms with Crippen molar-refractivity contribution in [2.45, 2.75) is 69.4 Å². The number of carbonyl (C=O) groups is 4. The quantitative estimate of drug-likeness (QED) is 0.113. The molecular formula is C27H37FN2O12. The zero-order valence-electron chi connectivity index (χ0n) is 23.3. The molecule has 1 amide bonds. The number of allylic oxidation sites excluding steroid dienone is 4. The minimum absolute atomic E-state index is 0.108. The summed E-state index contributed by atoms with van der Waals surface area (Å²) in [6.45, 7) is 1.18. The molecule has 3 fully saturated rings. The number of amides is 1. The van der Waals surface area contributed by atoms with Crippen molar-refractivity contribution in [3.63, 3.8) is 0 Å². The maximum Gasteiger partial charge on any atom is 0.407 e. The Morgan fingerprint density at radius 1 is 1.12 bits per heavy atom. The largest absolute Gasteiger partial charge is 0.456 e. The van der Waals surface area contributed by atoms with E-state index in [1.807, 2.05) is 0 Å². The number of hydrogen-bond donors (Lipinski definition) is 6. The van der Waals surface area contributed by atoms with Crippen LogP contribution in [0.2, 0.25) is 0 Å². The molecule has 42 heavy (non-hydrogen) atoms. The Bertz CT molecular complexity index is 1180. The van der Waals surface area contributed by atoms with Crippen molar-refractivity contribution < 1.29 is 63.6 Å². The molecule has 3 saturated carbocycles. The van der Waals surface area contributed by atoms with Crippen molar-refractivity contribution in [2.75, 3.05) is 26.4 Å². The summed E-state index contributed by atoms with van der Waals surface area (Å²) in [7, 11) is 0. The molecule has 0 radical (unpaired) electrons. The molecule has 0 spiro atoms. The molecule has 0 unspecified atom stereocenters. The number of hydrogen-bond acceptors (Lipinski definition) is 13. The molecule has 234 valence electrons. The number of Topliss-reactive ketones (excluding diaryl/α,β-unsaturated/α-hetero) is 1. The molecule has 0 saturated heterocycles. The summed E-state index contributed by atoms with van der Waals surface area (Å²) < 4.78 is 26.8. The number of carbonyl (C=O) groups excluding carboxylic acids is 4. The second-order valence-corrected chi connectivity index (χ2v) is 11.8. The number of aliphatic hydroxyl groups excluding tert-OH is 2. The average Bonchev–Trinajstić information content (AvgIpc) is 3.12. The first-order valence-corrected chi connectivity index (χ1v) is 13.7. The van der Waals surface area contributed by atoms with Gasteiger partial charge >= 0.3 is 12.1 Å². The van der Waals surface area contributed by atoms with Gasteiger partial charge in [0.15, 0.2) is 23.7 Å². The van der Waals surface area contributed by atoms with Gasteiger partial charge in [-0.25, -0.2) is 9.18 Å². The molecular weight excluding hydrogens is 563 g/mol. The Morgan fingerprint density at radius 2 is 1.83 bits per heavy atom. The van der Waals surface area contributed by atoms with Crippen LogP contribution in [0.25, 0.3) is 0 Å². The second kappa shape index (κ2) is 11.7. The van der Waals surface area contributed by atoms with Gasteiger partial charge in [0.25, 0.3) is 0 Å². The summed E-state index contributed by atoms with van der Waals surface area (Å²) in [6.07, 6.45) is 0.107. The first-order chi connectivity index (χ1) is 19.6. The summed E-state index contributed by atoms with van der Waals surface area (Å²) in [5, 5.41) is 52.4. The van der Waals surface area contributed by atoms with E-state index in [0.717, 1.165) is 0 Å². The number of nitrogens with zero attached hydrogens (tertiary/aromatic N) is 1. The van der Waals surface area contributed by atoms with E-state index in [4.69, 9.17) is 19.9 Å². The van der Waals surface area contributed by atoms with Crippen LogP contribution >= 0.6 is 0 Å². The predicted octanol–water partition coefficient (Wildman–Crippen LogP) is 0.300. The van der Waals surface area contributed by atoms with Gasteiger partial charge in [-0.1, -0.05) is 18.6 Å². The summed E-state index contributed by atoms with van der Waals surface area (Å²) in [5.41, 5.74) is -6.85. The Kier molecular flexibility index (Phi) is 8.96. The lowest BCUT2D eigenvalue weighted by molar-refractivity contribution is -0.492. The number of alkyl carbamates (subject to hydrolysis) is 1. The summed E-state index contributed by atoms with van der Waals surface area (Å²) in [6, 6.07) is 0. The van der Waals surface area contributed by atoms with E-state index in [-0.39, 0.29) is 44.7 Å². The third-order valence-corrected chi connectivity index (χ3v) is 9.76. The summed E-state index contributed by atoms with van der Waals surface area (Å²) in [4.78, 5) is 53.4. The highest BCUT2D eigenvalue weighted by Crippen LogP contribution is 2.69. The monoisotopic (exact) mass is 600 g/mol. The highest BCUT2D eigenvalue weighted by molar-refractivity contribution is 6.01. The van der Waals surface area contributed by atoms with Crippen molar-refractivity contribution in [3.05, 3.63) is 23.8 Å². The van der Waals surface area contributed by atoms with Crippen LogP contribution in [0.3, 0.4) is 0 Å². The Hall–Kier alpha value is -2.79. The molecule has 0 aliphatic heterocycles. The van der Waals surface area contributed by atoms with E-state index < -0.39 is 82.5 Å². The molecule has 4 aliphatic carbocycles. The molecule has 0 aromatic rings. The minimum Gasteiger partial charge on any atom is -0.456 e. The Balaban J connectivity index is 1.39. The minimum atomic E-state index is -2.46. The number of aliphatic hydroxyl groups is 3. The lowest BCUT2D eigenvalue weighted by Crippen LogP contribution is -2.69. The summed E-state index contributed by atoms with van der Waals surface area (Å²) in [5.74, 6) is -3.89. The number of nitrogens with one attached hydrogen (secondary N) is 1. The zero-order chi connectivity index (χ0) is 31.1. The molecule has 4 aliphatic rings. The SMILES string of the molecule is C[C@]12C=CC(=O)C=C1CC[C@H]1[C@@H]3C[C@@H](O)[C@](O)(C(=O)COC(=O)CNC(=O)OCCCON(O)O)[C@@]3(C)C[C@H](O)[C@@]12F. The normalized spacial score (nSPS) is 38.7. The number of ketones is 2. The van der Waals surface area contributed by atoms with Gasteiger partial charge in [-0.15, -0.1) is 0 Å². The van der Waals surface area contributed by atoms with Crippen molar-refractivity contribution in [2.24, 2.45) is 22.7 Å². The molecule has 6 N–H and O–H groups in total. The first kappa shape index (κ1) is 32.1. The fourth-order valence-corrected chi connectivity index (χ4v) is 7.60. The van der Waals surface area contributed by atoms with Gasteiger partial charge in [0, 0.05) is 23.2 Å². The molecule has 15 heteroatoms. The van der Waals surface area contributed by atoms with Gasteiger partial charge < -0.3 is 30.1 Å². The van der Waals surface area contributed by atoms with Crippen LogP contribution in [-0.4, -0.2) is 105 Å². The zero-order valence-corrected chi connectivity index (χ0v) is 23.3. The Labute approximate surface area is 240 Å². The number of rotatable bonds is 10. The smallest absolute Gasteiger partial charge is 0.407 e. The lowest BCUT2D eigenvalue weighted by atomic mass is 9.44. The molecule has 8 atom stereocenters. The van der Waals surface area contributed by atoms with E-state index in [1.165, 1.54) is 25.2 Å². The van der Waals surface area contributed by atoms with Crippen molar-refractivity contribution in [3.8, 4) is 0 Å². The van der Waals surface area contributed by atoms with Crippen molar-refractivity contribution >= 4 is 23.6 Å². The van der Waals surface area contributed by atoms with Gasteiger partial charge in [-0.05, 0) is 50.7 Å². The maximum absolute atomic E-state index is 17.2. The molecule has 0 bridgehead atoms. The third kappa shape index (κ3) is 5.16. The summed E-state index contributed by atoms with van der Waals surface area (Å²) >= 11 is 0. The van der Waals surface area contributed by atoms with Crippen molar-refractivity contribution in [1.29, 1.82) is 0 Å². The Morgan fingerprint density at radius 3 is 2.52 bits per heavy atom. The van der Waals surface area contributed by atoms with Crippen LogP contribution in [0, 0.1) is 22.7 Å². The highest BCUT2D eigenvalue weighted by Gasteiger charge is 2.76. The standard InChI is InChI=1S/C27H37FN2O12/c1-24-7-6-16(31)10-15(24)4-5-17-18-11-19(32)27(37,25(18,2)12-20(33)26(17,24)28)21(34)14-41-22(35)13-29-23(36)40-8-3-9-42-30(38)39/h6-7,10,17-20,32-33,37-39H,3-5,8-9,11-14H2,1-2H3,(H,29,36)/t17-,18-,19+,20-,24-,25-,26-,27-/m0/s1. The number of ether oxygens (including phenoxy) is 2. The lowest BCUT2D eigenvalue weighted by Gasteiger charge is -2.62. The fraction of sp³-hybridized carbons (Fsp3) is 0.704. The van der Waals surface area contributed by atoms with Crippen LogP contribution in [0.4, 0.5) is 9.18 Å². The van der Waals surface area contributed by atoms with Crippen LogP contribution in [-0.2, 0) is 28.7 Å². The molecule has 0 aromatic heterocycles. The average molecular weight is 601 g/mol.